The Kier molecular flexibility index (Phi) is 5.31. The lowest BCUT2D eigenvalue weighted by atomic mass is 10.0. The number of rotatable bonds is 7. The zero-order valence-electron chi connectivity index (χ0n) is 12.8. The second-order valence-electron chi connectivity index (χ2n) is 5.39. The summed E-state index contributed by atoms with van der Waals surface area (Å²) in [6.45, 7) is 4.45. The van der Waals surface area contributed by atoms with Crippen molar-refractivity contribution in [1.82, 2.24) is 5.32 Å². The first-order chi connectivity index (χ1) is 10.2. The summed E-state index contributed by atoms with van der Waals surface area (Å²) in [6.07, 6.45) is 5.27. The molecule has 1 heterocycles. The van der Waals surface area contributed by atoms with E-state index in [1.165, 1.54) is 0 Å². The molecule has 1 atom stereocenters. The average Bonchev–Trinajstić information content (AvgIpc) is 2.91. The molecule has 21 heavy (non-hydrogen) atoms. The molecule has 0 fully saturated rings. The van der Waals surface area contributed by atoms with E-state index in [1.807, 2.05) is 0 Å². The molecule has 0 aromatic heterocycles. The standard InChI is InChI=1S/C16H24N2O3/c1-3-5-7-11(6-4-2)18-16(19)12-8-14-15(9-13(12)17)21-10-20-14/h8-9,11H,3-7,10,17H2,1-2H3,(H,18,19). The second kappa shape index (κ2) is 7.20. The van der Waals surface area contributed by atoms with Crippen LogP contribution in [0.25, 0.3) is 0 Å². The van der Waals surface area contributed by atoms with Crippen LogP contribution in [0.5, 0.6) is 11.5 Å². The third-order valence-corrected chi connectivity index (χ3v) is 3.67. The molecule has 5 nitrogen and oxygen atoms in total. The Morgan fingerprint density at radius 3 is 2.62 bits per heavy atom. The number of carbonyl (C=O) groups is 1. The van der Waals surface area contributed by atoms with E-state index in [0.717, 1.165) is 32.1 Å². The van der Waals surface area contributed by atoms with Gasteiger partial charge in [0.15, 0.2) is 11.5 Å². The fourth-order valence-corrected chi connectivity index (χ4v) is 2.51. The average molecular weight is 292 g/mol. The highest BCUT2D eigenvalue weighted by Crippen LogP contribution is 2.35. The van der Waals surface area contributed by atoms with Gasteiger partial charge < -0.3 is 20.5 Å². The first kappa shape index (κ1) is 15.5. The maximum atomic E-state index is 12.4. The number of ether oxygens (including phenoxy) is 2. The predicted molar refractivity (Wildman–Crippen MR) is 82.7 cm³/mol. The van der Waals surface area contributed by atoms with E-state index in [2.05, 4.69) is 19.2 Å². The molecule has 1 aliphatic heterocycles. The zero-order valence-corrected chi connectivity index (χ0v) is 12.8. The molecule has 3 N–H and O–H groups in total. The summed E-state index contributed by atoms with van der Waals surface area (Å²) < 4.78 is 10.6. The highest BCUT2D eigenvalue weighted by Gasteiger charge is 2.21. The summed E-state index contributed by atoms with van der Waals surface area (Å²) in [7, 11) is 0. The van der Waals surface area contributed by atoms with Crippen molar-refractivity contribution in [3.63, 3.8) is 0 Å². The third-order valence-electron chi connectivity index (χ3n) is 3.67. The molecule has 5 heteroatoms. The predicted octanol–water partition coefficient (Wildman–Crippen LogP) is 3.09. The zero-order chi connectivity index (χ0) is 15.2. The topological polar surface area (TPSA) is 73.6 Å². The summed E-state index contributed by atoms with van der Waals surface area (Å²) in [5.74, 6) is 1.04. The molecule has 0 bridgehead atoms. The molecule has 1 unspecified atom stereocenters. The Bertz CT molecular complexity index is 503. The molecule has 0 radical (unpaired) electrons. The van der Waals surface area contributed by atoms with Crippen LogP contribution in [0.1, 0.15) is 56.3 Å². The molecule has 1 aromatic carbocycles. The molecule has 1 aromatic rings. The number of unbranched alkanes of at least 4 members (excludes halogenated alkanes) is 1. The molecular formula is C16H24N2O3. The number of nitrogens with two attached hydrogens (primary N) is 1. The number of amides is 1. The maximum Gasteiger partial charge on any atom is 0.253 e. The molecule has 1 amide bonds. The van der Waals surface area contributed by atoms with Crippen LogP contribution < -0.4 is 20.5 Å². The molecule has 0 aliphatic carbocycles. The summed E-state index contributed by atoms with van der Waals surface area (Å²) >= 11 is 0. The number of carbonyl (C=O) groups excluding carboxylic acids is 1. The molecule has 2 rings (SSSR count). The highest BCUT2D eigenvalue weighted by molar-refractivity contribution is 6.00. The molecular weight excluding hydrogens is 268 g/mol. The number of hydrogen-bond donors (Lipinski definition) is 2. The van der Waals surface area contributed by atoms with Gasteiger partial charge in [0.1, 0.15) is 0 Å². The Morgan fingerprint density at radius 1 is 1.24 bits per heavy atom. The van der Waals surface area contributed by atoms with Crippen LogP contribution in [0.3, 0.4) is 0 Å². The lowest BCUT2D eigenvalue weighted by Crippen LogP contribution is -2.35. The van der Waals surface area contributed by atoms with Crippen LogP contribution in [0.2, 0.25) is 0 Å². The fraction of sp³-hybridized carbons (Fsp3) is 0.562. The van der Waals surface area contributed by atoms with Gasteiger partial charge >= 0.3 is 0 Å². The van der Waals surface area contributed by atoms with Gasteiger partial charge in [0.2, 0.25) is 6.79 Å². The van der Waals surface area contributed by atoms with E-state index in [-0.39, 0.29) is 18.7 Å². The molecule has 0 spiro atoms. The molecule has 1 aliphatic rings. The monoisotopic (exact) mass is 292 g/mol. The number of fused-ring (bicyclic) bond motifs is 1. The van der Waals surface area contributed by atoms with E-state index in [0.29, 0.717) is 22.7 Å². The number of nitrogens with one attached hydrogen (secondary N) is 1. The van der Waals surface area contributed by atoms with Gasteiger partial charge in [-0.2, -0.15) is 0 Å². The Balaban J connectivity index is 2.08. The van der Waals surface area contributed by atoms with Gasteiger partial charge in [0.25, 0.3) is 5.91 Å². The highest BCUT2D eigenvalue weighted by atomic mass is 16.7. The van der Waals surface area contributed by atoms with Gasteiger partial charge in [-0.1, -0.05) is 33.1 Å². The van der Waals surface area contributed by atoms with Crippen LogP contribution in [-0.4, -0.2) is 18.7 Å². The summed E-state index contributed by atoms with van der Waals surface area (Å²) in [4.78, 5) is 12.4. The van der Waals surface area contributed by atoms with Crippen molar-refractivity contribution in [1.29, 1.82) is 0 Å². The lowest BCUT2D eigenvalue weighted by Gasteiger charge is -2.18. The summed E-state index contributed by atoms with van der Waals surface area (Å²) in [5, 5.41) is 3.09. The van der Waals surface area contributed by atoms with Crippen LogP contribution in [0, 0.1) is 0 Å². The normalized spacial score (nSPS) is 14.0. The smallest absolute Gasteiger partial charge is 0.253 e. The first-order valence-corrected chi connectivity index (χ1v) is 7.65. The van der Waals surface area contributed by atoms with Crippen molar-refractivity contribution in [3.8, 4) is 11.5 Å². The van der Waals surface area contributed by atoms with Gasteiger partial charge in [-0.05, 0) is 18.9 Å². The van der Waals surface area contributed by atoms with Crippen LogP contribution in [0.15, 0.2) is 12.1 Å². The van der Waals surface area contributed by atoms with Gasteiger partial charge in [-0.15, -0.1) is 0 Å². The van der Waals surface area contributed by atoms with Crippen LogP contribution >= 0.6 is 0 Å². The molecule has 116 valence electrons. The lowest BCUT2D eigenvalue weighted by molar-refractivity contribution is 0.0932. The summed E-state index contributed by atoms with van der Waals surface area (Å²) in [6, 6.07) is 3.51. The number of nitrogen functional groups attached to an aromatic ring is 1. The van der Waals surface area contributed by atoms with E-state index in [9.17, 15) is 4.79 Å². The largest absolute Gasteiger partial charge is 0.454 e. The van der Waals surface area contributed by atoms with Crippen molar-refractivity contribution in [2.75, 3.05) is 12.5 Å². The van der Waals surface area contributed by atoms with Gasteiger partial charge in [0.05, 0.1) is 5.56 Å². The number of benzene rings is 1. The Morgan fingerprint density at radius 2 is 1.95 bits per heavy atom. The number of hydrogen-bond acceptors (Lipinski definition) is 4. The number of anilines is 1. The van der Waals surface area contributed by atoms with Crippen molar-refractivity contribution >= 4 is 11.6 Å². The first-order valence-electron chi connectivity index (χ1n) is 7.65. The summed E-state index contributed by atoms with van der Waals surface area (Å²) in [5.41, 5.74) is 6.82. The molecule has 0 saturated heterocycles. The Hall–Kier alpha value is -1.91. The molecule has 0 saturated carbocycles. The van der Waals surface area contributed by atoms with Crippen molar-refractivity contribution in [2.45, 2.75) is 52.0 Å². The minimum atomic E-state index is -0.139. The fourth-order valence-electron chi connectivity index (χ4n) is 2.51. The van der Waals surface area contributed by atoms with Crippen molar-refractivity contribution in [2.24, 2.45) is 0 Å². The van der Waals surface area contributed by atoms with Crippen LogP contribution in [0.4, 0.5) is 5.69 Å². The minimum absolute atomic E-state index is 0.139. The Labute approximate surface area is 125 Å². The third kappa shape index (κ3) is 3.80. The van der Waals surface area contributed by atoms with Gasteiger partial charge in [-0.25, -0.2) is 0 Å². The van der Waals surface area contributed by atoms with Crippen molar-refractivity contribution < 1.29 is 14.3 Å². The van der Waals surface area contributed by atoms with E-state index in [1.54, 1.807) is 12.1 Å². The van der Waals surface area contributed by atoms with E-state index in [4.69, 9.17) is 15.2 Å². The van der Waals surface area contributed by atoms with Crippen LogP contribution in [-0.2, 0) is 0 Å². The quantitative estimate of drug-likeness (QED) is 0.757. The van der Waals surface area contributed by atoms with Gasteiger partial charge in [-0.3, -0.25) is 4.79 Å². The second-order valence-corrected chi connectivity index (χ2v) is 5.39. The van der Waals surface area contributed by atoms with E-state index < -0.39 is 0 Å². The SMILES string of the molecule is CCCCC(CCC)NC(=O)c1cc2c(cc1N)OCO2. The maximum absolute atomic E-state index is 12.4. The van der Waals surface area contributed by atoms with Crippen molar-refractivity contribution in [3.05, 3.63) is 17.7 Å². The van der Waals surface area contributed by atoms with Gasteiger partial charge in [0, 0.05) is 17.8 Å². The minimum Gasteiger partial charge on any atom is -0.454 e. The van der Waals surface area contributed by atoms with E-state index >= 15 is 0 Å².